The number of ether oxygens (including phenoxy) is 1. The molecular weight excluding hydrogens is 278 g/mol. The monoisotopic (exact) mass is 299 g/mol. The smallest absolute Gasteiger partial charge is 0.337 e. The largest absolute Gasteiger partial charge is 0.465 e. The van der Waals surface area contributed by atoms with Gasteiger partial charge in [-0.25, -0.2) is 17.9 Å². The van der Waals surface area contributed by atoms with Crippen LogP contribution < -0.4 is 4.72 Å². The van der Waals surface area contributed by atoms with Crippen LogP contribution in [0.4, 0.5) is 0 Å². The molecule has 1 aromatic rings. The van der Waals surface area contributed by atoms with E-state index in [9.17, 15) is 13.2 Å². The fourth-order valence-electron chi connectivity index (χ4n) is 1.58. The Hall–Kier alpha value is -1.40. The van der Waals surface area contributed by atoms with Gasteiger partial charge in [0.05, 0.1) is 17.6 Å². The molecule has 1 aromatic carbocycles. The highest BCUT2D eigenvalue weighted by Gasteiger charge is 2.22. The number of esters is 1. The van der Waals surface area contributed by atoms with Crippen LogP contribution in [0.3, 0.4) is 0 Å². The third-order valence-electron chi connectivity index (χ3n) is 3.24. The van der Waals surface area contributed by atoms with Crippen molar-refractivity contribution in [1.29, 1.82) is 0 Å². The lowest BCUT2D eigenvalue weighted by Gasteiger charge is -2.18. The molecule has 0 unspecified atom stereocenters. The molecule has 0 amide bonds. The van der Waals surface area contributed by atoms with Crippen LogP contribution in [0, 0.1) is 12.8 Å². The Morgan fingerprint density at radius 3 is 2.35 bits per heavy atom. The number of rotatable bonds is 5. The molecule has 0 saturated heterocycles. The van der Waals surface area contributed by atoms with Crippen molar-refractivity contribution in [3.63, 3.8) is 0 Å². The van der Waals surface area contributed by atoms with Crippen molar-refractivity contribution >= 4 is 16.0 Å². The third-order valence-corrected chi connectivity index (χ3v) is 4.94. The van der Waals surface area contributed by atoms with Crippen LogP contribution >= 0.6 is 0 Å². The molecule has 0 saturated carbocycles. The van der Waals surface area contributed by atoms with Crippen LogP contribution in [-0.2, 0) is 14.8 Å². The molecule has 0 fully saturated rings. The van der Waals surface area contributed by atoms with Gasteiger partial charge in [0.1, 0.15) is 0 Å². The normalized spacial score (nSPS) is 13.3. The van der Waals surface area contributed by atoms with Gasteiger partial charge >= 0.3 is 5.97 Å². The van der Waals surface area contributed by atoms with E-state index in [-0.39, 0.29) is 22.4 Å². The van der Waals surface area contributed by atoms with Crippen LogP contribution in [0.25, 0.3) is 0 Å². The summed E-state index contributed by atoms with van der Waals surface area (Å²) in [5, 5.41) is 0. The van der Waals surface area contributed by atoms with Crippen molar-refractivity contribution < 1.29 is 17.9 Å². The highest BCUT2D eigenvalue weighted by atomic mass is 32.2. The van der Waals surface area contributed by atoms with E-state index >= 15 is 0 Å². The second-order valence-corrected chi connectivity index (χ2v) is 6.81. The summed E-state index contributed by atoms with van der Waals surface area (Å²) in [6.07, 6.45) is 0. The number of hydrogen-bond acceptors (Lipinski definition) is 4. The molecule has 1 atom stereocenters. The van der Waals surface area contributed by atoms with E-state index in [4.69, 9.17) is 0 Å². The van der Waals surface area contributed by atoms with E-state index < -0.39 is 16.0 Å². The number of hydrogen-bond donors (Lipinski definition) is 1. The van der Waals surface area contributed by atoms with Gasteiger partial charge in [-0.1, -0.05) is 19.9 Å². The number of nitrogens with one attached hydrogen (secondary N) is 1. The molecule has 0 aromatic heterocycles. The zero-order valence-corrected chi connectivity index (χ0v) is 13.2. The molecule has 0 heterocycles. The first-order valence-electron chi connectivity index (χ1n) is 6.40. The molecule has 1 N–H and O–H groups in total. The average molecular weight is 299 g/mol. The zero-order valence-electron chi connectivity index (χ0n) is 12.4. The molecule has 20 heavy (non-hydrogen) atoms. The average Bonchev–Trinajstić information content (AvgIpc) is 2.37. The highest BCUT2D eigenvalue weighted by Crippen LogP contribution is 2.19. The number of benzene rings is 1. The minimum atomic E-state index is -3.66. The Bertz CT molecular complexity index is 593. The molecule has 1 rings (SSSR count). The molecule has 0 aliphatic rings. The number of carbonyl (C=O) groups excluding carboxylic acids is 1. The summed E-state index contributed by atoms with van der Waals surface area (Å²) < 4.78 is 32.0. The van der Waals surface area contributed by atoms with E-state index in [1.165, 1.54) is 13.2 Å². The molecule has 0 aliphatic carbocycles. The van der Waals surface area contributed by atoms with Gasteiger partial charge in [0.15, 0.2) is 0 Å². The topological polar surface area (TPSA) is 72.5 Å². The molecule has 6 heteroatoms. The first kappa shape index (κ1) is 16.7. The Morgan fingerprint density at radius 1 is 1.25 bits per heavy atom. The standard InChI is InChI=1S/C14H21NO4S/c1-9(2)11(4)15-20(17,18)13-8-12(14(16)19-5)7-6-10(13)3/h6-9,11,15H,1-5H3/t11-/m0/s1. The van der Waals surface area contributed by atoms with E-state index in [1.807, 2.05) is 20.8 Å². The van der Waals surface area contributed by atoms with Crippen molar-refractivity contribution in [2.45, 2.75) is 38.6 Å². The van der Waals surface area contributed by atoms with Gasteiger partial charge in [0.2, 0.25) is 10.0 Å². The lowest BCUT2D eigenvalue weighted by Crippen LogP contribution is -2.36. The predicted octanol–water partition coefficient (Wildman–Crippen LogP) is 2.10. The summed E-state index contributed by atoms with van der Waals surface area (Å²) in [4.78, 5) is 11.6. The molecule has 0 spiro atoms. The molecule has 0 aliphatic heterocycles. The Labute approximate surface area is 120 Å². The van der Waals surface area contributed by atoms with E-state index in [1.54, 1.807) is 19.1 Å². The predicted molar refractivity (Wildman–Crippen MR) is 77.1 cm³/mol. The van der Waals surface area contributed by atoms with Gasteiger partial charge in [0.25, 0.3) is 0 Å². The molecular formula is C14H21NO4S. The fraction of sp³-hybridized carbons (Fsp3) is 0.500. The molecule has 0 radical (unpaired) electrons. The maximum atomic E-state index is 12.4. The molecule has 112 valence electrons. The number of sulfonamides is 1. The summed E-state index contributed by atoms with van der Waals surface area (Å²) in [6.45, 7) is 7.37. The lowest BCUT2D eigenvalue weighted by atomic mass is 10.1. The SMILES string of the molecule is COC(=O)c1ccc(C)c(S(=O)(=O)N[C@@H](C)C(C)C)c1. The van der Waals surface area contributed by atoms with Crippen LogP contribution in [-0.4, -0.2) is 27.5 Å². The second kappa shape index (κ2) is 6.37. The minimum absolute atomic E-state index is 0.105. The van der Waals surface area contributed by atoms with Gasteiger partial charge in [-0.15, -0.1) is 0 Å². The Morgan fingerprint density at radius 2 is 1.85 bits per heavy atom. The number of carbonyl (C=O) groups is 1. The molecule has 5 nitrogen and oxygen atoms in total. The minimum Gasteiger partial charge on any atom is -0.465 e. The summed E-state index contributed by atoms with van der Waals surface area (Å²) in [5.41, 5.74) is 0.803. The quantitative estimate of drug-likeness (QED) is 0.845. The van der Waals surface area contributed by atoms with E-state index in [2.05, 4.69) is 9.46 Å². The van der Waals surface area contributed by atoms with Crippen LogP contribution in [0.2, 0.25) is 0 Å². The van der Waals surface area contributed by atoms with Gasteiger partial charge in [-0.2, -0.15) is 0 Å². The Balaban J connectivity index is 3.20. The van der Waals surface area contributed by atoms with Crippen molar-refractivity contribution in [3.8, 4) is 0 Å². The number of aryl methyl sites for hydroxylation is 1. The van der Waals surface area contributed by atoms with Crippen molar-refractivity contribution in [2.75, 3.05) is 7.11 Å². The zero-order chi connectivity index (χ0) is 15.5. The lowest BCUT2D eigenvalue weighted by molar-refractivity contribution is 0.0600. The van der Waals surface area contributed by atoms with Gasteiger partial charge < -0.3 is 4.74 Å². The Kier molecular flexibility index (Phi) is 5.30. The van der Waals surface area contributed by atoms with E-state index in [0.29, 0.717) is 5.56 Å². The summed E-state index contributed by atoms with van der Waals surface area (Å²) >= 11 is 0. The van der Waals surface area contributed by atoms with Gasteiger partial charge in [0, 0.05) is 6.04 Å². The van der Waals surface area contributed by atoms with Crippen molar-refractivity contribution in [2.24, 2.45) is 5.92 Å². The number of methoxy groups -OCH3 is 1. The molecule has 0 bridgehead atoms. The van der Waals surface area contributed by atoms with Crippen molar-refractivity contribution in [3.05, 3.63) is 29.3 Å². The highest BCUT2D eigenvalue weighted by molar-refractivity contribution is 7.89. The first-order chi connectivity index (χ1) is 9.19. The second-order valence-electron chi connectivity index (χ2n) is 5.13. The fourth-order valence-corrected chi connectivity index (χ4v) is 3.24. The maximum Gasteiger partial charge on any atom is 0.337 e. The van der Waals surface area contributed by atoms with Crippen LogP contribution in [0.1, 0.15) is 36.7 Å². The first-order valence-corrected chi connectivity index (χ1v) is 7.88. The summed E-state index contributed by atoms with van der Waals surface area (Å²) in [6, 6.07) is 4.30. The van der Waals surface area contributed by atoms with Gasteiger partial charge in [-0.3, -0.25) is 0 Å². The summed E-state index contributed by atoms with van der Waals surface area (Å²) in [5.74, 6) is -0.382. The third kappa shape index (κ3) is 3.80. The van der Waals surface area contributed by atoms with Crippen LogP contribution in [0.15, 0.2) is 23.1 Å². The van der Waals surface area contributed by atoms with Crippen LogP contribution in [0.5, 0.6) is 0 Å². The van der Waals surface area contributed by atoms with Crippen molar-refractivity contribution in [1.82, 2.24) is 4.72 Å². The van der Waals surface area contributed by atoms with E-state index in [0.717, 1.165) is 0 Å². The maximum absolute atomic E-state index is 12.4. The van der Waals surface area contributed by atoms with Gasteiger partial charge in [-0.05, 0) is 37.5 Å². The summed E-state index contributed by atoms with van der Waals surface area (Å²) in [7, 11) is -2.40.